The van der Waals surface area contributed by atoms with E-state index in [0.29, 0.717) is 39.1 Å². The van der Waals surface area contributed by atoms with Gasteiger partial charge >= 0.3 is 12.0 Å². The lowest BCUT2D eigenvalue weighted by molar-refractivity contribution is -0.148. The molecule has 1 aliphatic rings. The first-order valence-corrected chi connectivity index (χ1v) is 6.94. The number of carbonyl (C=O) groups excluding carboxylic acids is 1. The molecular weight excluding hydrogens is 248 g/mol. The van der Waals surface area contributed by atoms with Gasteiger partial charge in [-0.05, 0) is 13.3 Å². The summed E-state index contributed by atoms with van der Waals surface area (Å²) in [5.74, 6) is -0.976. The van der Waals surface area contributed by atoms with Crippen molar-refractivity contribution in [3.8, 4) is 0 Å². The molecule has 0 unspecified atom stereocenters. The van der Waals surface area contributed by atoms with Gasteiger partial charge in [-0.2, -0.15) is 0 Å². The molecule has 1 aliphatic heterocycles. The van der Waals surface area contributed by atoms with E-state index in [1.165, 1.54) is 0 Å². The van der Waals surface area contributed by atoms with E-state index in [4.69, 9.17) is 4.74 Å². The van der Waals surface area contributed by atoms with E-state index in [-0.39, 0.29) is 6.03 Å². The van der Waals surface area contributed by atoms with E-state index in [1.807, 2.05) is 6.92 Å². The van der Waals surface area contributed by atoms with Crippen LogP contribution in [0.25, 0.3) is 0 Å². The fourth-order valence-corrected chi connectivity index (χ4v) is 2.15. The summed E-state index contributed by atoms with van der Waals surface area (Å²) in [4.78, 5) is 25.3. The number of urea groups is 1. The predicted octanol–water partition coefficient (Wildman–Crippen LogP) is 1.45. The second-order valence-corrected chi connectivity index (χ2v) is 4.86. The third-order valence-electron chi connectivity index (χ3n) is 3.55. The Morgan fingerprint density at radius 1 is 1.32 bits per heavy atom. The van der Waals surface area contributed by atoms with Crippen LogP contribution >= 0.6 is 0 Å². The van der Waals surface area contributed by atoms with E-state index in [2.05, 4.69) is 12.2 Å². The van der Waals surface area contributed by atoms with Crippen LogP contribution in [0.2, 0.25) is 0 Å². The highest BCUT2D eigenvalue weighted by Gasteiger charge is 2.42. The van der Waals surface area contributed by atoms with Crippen LogP contribution in [-0.4, -0.2) is 53.8 Å². The molecule has 0 aromatic rings. The standard InChI is InChI=1S/C13H24N2O4/c1-3-5-8-15(4-2)12(18)14-13(11(16)17)6-9-19-10-7-13/h3-10H2,1-2H3,(H,14,18)(H,16,17). The number of hydrogen-bond donors (Lipinski definition) is 2. The molecule has 0 atom stereocenters. The van der Waals surface area contributed by atoms with E-state index in [1.54, 1.807) is 4.90 Å². The van der Waals surface area contributed by atoms with E-state index in [9.17, 15) is 14.7 Å². The van der Waals surface area contributed by atoms with Crippen molar-refractivity contribution < 1.29 is 19.4 Å². The fourth-order valence-electron chi connectivity index (χ4n) is 2.15. The highest BCUT2D eigenvalue weighted by atomic mass is 16.5. The topological polar surface area (TPSA) is 78.9 Å². The summed E-state index contributed by atoms with van der Waals surface area (Å²) in [7, 11) is 0. The summed E-state index contributed by atoms with van der Waals surface area (Å²) in [5.41, 5.74) is -1.17. The average Bonchev–Trinajstić information content (AvgIpc) is 2.40. The molecule has 0 aromatic heterocycles. The molecule has 110 valence electrons. The molecule has 1 fully saturated rings. The number of amides is 2. The number of carbonyl (C=O) groups is 2. The van der Waals surface area contributed by atoms with E-state index >= 15 is 0 Å². The number of aliphatic carboxylic acids is 1. The number of nitrogens with one attached hydrogen (secondary N) is 1. The van der Waals surface area contributed by atoms with Gasteiger partial charge in [0.05, 0.1) is 0 Å². The maximum absolute atomic E-state index is 12.2. The molecule has 0 radical (unpaired) electrons. The minimum Gasteiger partial charge on any atom is -0.480 e. The number of ether oxygens (including phenoxy) is 1. The van der Waals surface area contributed by atoms with Gasteiger partial charge in [-0.15, -0.1) is 0 Å². The Kier molecular flexibility index (Phi) is 6.08. The van der Waals surface area contributed by atoms with Crippen LogP contribution in [0.1, 0.15) is 39.5 Å². The Morgan fingerprint density at radius 3 is 2.42 bits per heavy atom. The van der Waals surface area contributed by atoms with E-state index in [0.717, 1.165) is 12.8 Å². The maximum Gasteiger partial charge on any atom is 0.329 e. The number of hydrogen-bond acceptors (Lipinski definition) is 3. The Morgan fingerprint density at radius 2 is 1.95 bits per heavy atom. The molecule has 0 aliphatic carbocycles. The molecule has 2 amide bonds. The van der Waals surface area contributed by atoms with Gasteiger partial charge in [-0.3, -0.25) is 0 Å². The van der Waals surface area contributed by atoms with Crippen molar-refractivity contribution in [2.75, 3.05) is 26.3 Å². The Bertz CT molecular complexity index is 314. The molecule has 0 bridgehead atoms. The summed E-state index contributed by atoms with van der Waals surface area (Å²) in [6.07, 6.45) is 2.56. The SMILES string of the molecule is CCCCN(CC)C(=O)NC1(C(=O)O)CCOCC1. The first kappa shape index (κ1) is 15.8. The molecule has 0 spiro atoms. The van der Waals surface area contributed by atoms with Crippen LogP contribution in [0.5, 0.6) is 0 Å². The van der Waals surface area contributed by atoms with Gasteiger partial charge in [0, 0.05) is 39.1 Å². The van der Waals surface area contributed by atoms with Gasteiger partial charge in [0.15, 0.2) is 0 Å². The Labute approximate surface area is 114 Å². The van der Waals surface area contributed by atoms with Crippen LogP contribution < -0.4 is 5.32 Å². The Balaban J connectivity index is 2.67. The fraction of sp³-hybridized carbons (Fsp3) is 0.846. The molecular formula is C13H24N2O4. The molecule has 19 heavy (non-hydrogen) atoms. The van der Waals surface area contributed by atoms with Gasteiger partial charge in [0.1, 0.15) is 5.54 Å². The molecule has 0 aromatic carbocycles. The summed E-state index contributed by atoms with van der Waals surface area (Å²) in [6.45, 7) is 5.93. The second kappa shape index (κ2) is 7.33. The number of rotatable bonds is 6. The zero-order chi connectivity index (χ0) is 14.3. The molecule has 2 N–H and O–H groups in total. The van der Waals surface area contributed by atoms with Crippen LogP contribution in [0, 0.1) is 0 Å². The van der Waals surface area contributed by atoms with Crippen molar-refractivity contribution in [1.29, 1.82) is 0 Å². The van der Waals surface area contributed by atoms with Crippen molar-refractivity contribution in [1.82, 2.24) is 10.2 Å². The van der Waals surface area contributed by atoms with Gasteiger partial charge in [-0.25, -0.2) is 9.59 Å². The van der Waals surface area contributed by atoms with E-state index < -0.39 is 11.5 Å². The van der Waals surface area contributed by atoms with Crippen molar-refractivity contribution in [2.45, 2.75) is 45.1 Å². The minimum absolute atomic E-state index is 0.291. The van der Waals surface area contributed by atoms with Crippen LogP contribution in [0.15, 0.2) is 0 Å². The number of carboxylic acid groups (broad SMARTS) is 1. The quantitative estimate of drug-likeness (QED) is 0.767. The summed E-state index contributed by atoms with van der Waals surface area (Å²) in [6, 6.07) is -0.291. The van der Waals surface area contributed by atoms with Crippen molar-refractivity contribution in [2.24, 2.45) is 0 Å². The number of unbranched alkanes of at least 4 members (excludes halogenated alkanes) is 1. The predicted molar refractivity (Wildman–Crippen MR) is 71.1 cm³/mol. The third-order valence-corrected chi connectivity index (χ3v) is 3.55. The number of carboxylic acids is 1. The van der Waals surface area contributed by atoms with Gasteiger partial charge in [0.2, 0.25) is 0 Å². The zero-order valence-corrected chi connectivity index (χ0v) is 11.8. The lowest BCUT2D eigenvalue weighted by atomic mass is 9.90. The van der Waals surface area contributed by atoms with Crippen molar-refractivity contribution in [3.63, 3.8) is 0 Å². The highest BCUT2D eigenvalue weighted by Crippen LogP contribution is 2.21. The lowest BCUT2D eigenvalue weighted by Crippen LogP contribution is -2.60. The summed E-state index contributed by atoms with van der Waals surface area (Å²) in [5, 5.41) is 12.1. The molecule has 6 nitrogen and oxygen atoms in total. The molecule has 1 rings (SSSR count). The summed E-state index contributed by atoms with van der Waals surface area (Å²) < 4.78 is 5.18. The first-order valence-electron chi connectivity index (χ1n) is 6.94. The van der Waals surface area contributed by atoms with Crippen LogP contribution in [0.3, 0.4) is 0 Å². The molecule has 1 saturated heterocycles. The largest absolute Gasteiger partial charge is 0.480 e. The normalized spacial score (nSPS) is 17.8. The van der Waals surface area contributed by atoms with Crippen molar-refractivity contribution >= 4 is 12.0 Å². The smallest absolute Gasteiger partial charge is 0.329 e. The Hall–Kier alpha value is -1.30. The monoisotopic (exact) mass is 272 g/mol. The minimum atomic E-state index is -1.17. The van der Waals surface area contributed by atoms with Crippen molar-refractivity contribution in [3.05, 3.63) is 0 Å². The highest BCUT2D eigenvalue weighted by molar-refractivity contribution is 5.86. The molecule has 6 heteroatoms. The van der Waals surface area contributed by atoms with Crippen LogP contribution in [-0.2, 0) is 9.53 Å². The zero-order valence-electron chi connectivity index (χ0n) is 11.8. The lowest BCUT2D eigenvalue weighted by Gasteiger charge is -2.35. The first-order chi connectivity index (χ1) is 9.05. The van der Waals surface area contributed by atoms with Gasteiger partial charge in [-0.1, -0.05) is 13.3 Å². The molecule has 0 saturated carbocycles. The van der Waals surface area contributed by atoms with Gasteiger partial charge in [0.25, 0.3) is 0 Å². The van der Waals surface area contributed by atoms with Gasteiger partial charge < -0.3 is 20.1 Å². The second-order valence-electron chi connectivity index (χ2n) is 4.86. The maximum atomic E-state index is 12.2. The van der Waals surface area contributed by atoms with Crippen LogP contribution in [0.4, 0.5) is 4.79 Å². The molecule has 1 heterocycles. The summed E-state index contributed by atoms with van der Waals surface area (Å²) >= 11 is 0. The third kappa shape index (κ3) is 4.09. The average molecular weight is 272 g/mol. The number of nitrogens with zero attached hydrogens (tertiary/aromatic N) is 1.